The molecule has 1 amide bonds. The third-order valence-corrected chi connectivity index (χ3v) is 7.45. The molecule has 2 fully saturated rings. The Morgan fingerprint density at radius 1 is 1.24 bits per heavy atom. The van der Waals surface area contributed by atoms with Crippen molar-refractivity contribution in [2.24, 2.45) is 11.8 Å². The summed E-state index contributed by atoms with van der Waals surface area (Å²) < 4.78 is 1.21. The van der Waals surface area contributed by atoms with Crippen LogP contribution in [0.4, 0.5) is 0 Å². The van der Waals surface area contributed by atoms with Crippen LogP contribution in [0.1, 0.15) is 16.6 Å². The smallest absolute Gasteiger partial charge is 0.263 e. The number of carbonyl (C=O) groups is 1. The molecule has 0 bridgehead atoms. The van der Waals surface area contributed by atoms with Crippen LogP contribution in [0, 0.1) is 11.8 Å². The second kappa shape index (κ2) is 8.86. The van der Waals surface area contributed by atoms with Gasteiger partial charge in [-0.1, -0.05) is 6.92 Å². The summed E-state index contributed by atoms with van der Waals surface area (Å²) in [5.74, 6) is 1.74. The highest BCUT2D eigenvalue weighted by molar-refractivity contribution is 8.01. The Hall–Kier alpha value is -0.600. The van der Waals surface area contributed by atoms with E-state index in [9.17, 15) is 9.90 Å². The van der Waals surface area contributed by atoms with Crippen molar-refractivity contribution in [3.05, 3.63) is 17.0 Å². The number of hydrogen-bond acceptors (Lipinski definition) is 6. The number of thioether (sulfide) groups is 1. The first-order valence-electron chi connectivity index (χ1n) is 9.14. The molecule has 2 aliphatic rings. The Morgan fingerprint density at radius 3 is 2.64 bits per heavy atom. The second-order valence-electron chi connectivity index (χ2n) is 7.07. The van der Waals surface area contributed by atoms with Crippen LogP contribution in [0.2, 0.25) is 0 Å². The van der Waals surface area contributed by atoms with Gasteiger partial charge in [0.05, 0.1) is 9.09 Å². The van der Waals surface area contributed by atoms with Crippen LogP contribution in [0.5, 0.6) is 0 Å². The third-order valence-electron chi connectivity index (χ3n) is 5.27. The second-order valence-corrected chi connectivity index (χ2v) is 9.72. The number of carbonyl (C=O) groups excluding carboxylic acids is 1. The van der Waals surface area contributed by atoms with Crippen LogP contribution in [-0.4, -0.2) is 90.9 Å². The Bertz CT molecular complexity index is 572. The SMILES string of the molecule is CCSc1ccc(C(=O)N2C[C@@H](CN3CCN(C)CC3)[C@@H](CO)C2)s1. The van der Waals surface area contributed by atoms with E-state index in [1.807, 2.05) is 17.0 Å². The number of aliphatic hydroxyl groups is 1. The van der Waals surface area contributed by atoms with E-state index >= 15 is 0 Å². The van der Waals surface area contributed by atoms with Gasteiger partial charge in [-0.15, -0.1) is 23.1 Å². The lowest BCUT2D eigenvalue weighted by molar-refractivity contribution is 0.0782. The number of rotatable bonds is 6. The molecule has 2 saturated heterocycles. The summed E-state index contributed by atoms with van der Waals surface area (Å²) in [4.78, 5) is 20.5. The van der Waals surface area contributed by atoms with Crippen molar-refractivity contribution in [3.63, 3.8) is 0 Å². The summed E-state index contributed by atoms with van der Waals surface area (Å²) >= 11 is 3.37. The molecule has 0 spiro atoms. The summed E-state index contributed by atoms with van der Waals surface area (Å²) in [6.07, 6.45) is 0. The van der Waals surface area contributed by atoms with E-state index in [-0.39, 0.29) is 18.4 Å². The molecule has 7 heteroatoms. The predicted molar refractivity (Wildman–Crippen MR) is 105 cm³/mol. The van der Waals surface area contributed by atoms with Gasteiger partial charge >= 0.3 is 0 Å². The van der Waals surface area contributed by atoms with Gasteiger partial charge in [0.15, 0.2) is 0 Å². The zero-order valence-corrected chi connectivity index (χ0v) is 16.8. The number of amides is 1. The molecule has 2 aliphatic heterocycles. The van der Waals surface area contributed by atoms with Gasteiger partial charge in [-0.2, -0.15) is 0 Å². The van der Waals surface area contributed by atoms with E-state index < -0.39 is 0 Å². The van der Waals surface area contributed by atoms with E-state index in [1.54, 1.807) is 23.1 Å². The number of piperazine rings is 1. The van der Waals surface area contributed by atoms with Crippen LogP contribution < -0.4 is 0 Å². The molecule has 2 atom stereocenters. The van der Waals surface area contributed by atoms with Crippen molar-refractivity contribution in [2.45, 2.75) is 11.1 Å². The average Bonchev–Trinajstić information content (AvgIpc) is 3.24. The summed E-state index contributed by atoms with van der Waals surface area (Å²) in [6.45, 7) is 9.11. The quantitative estimate of drug-likeness (QED) is 0.759. The first kappa shape index (κ1) is 19.2. The standard InChI is InChI=1S/C18H29N3O2S2/c1-3-24-17-5-4-16(25-17)18(23)21-11-14(15(12-21)13-22)10-20-8-6-19(2)7-9-20/h4-5,14-15,22H,3,6-13H2,1-2H3/t14-,15-/m1/s1. The van der Waals surface area contributed by atoms with Crippen molar-refractivity contribution in [1.82, 2.24) is 14.7 Å². The van der Waals surface area contributed by atoms with Gasteiger partial charge in [-0.25, -0.2) is 0 Å². The molecular weight excluding hydrogens is 354 g/mol. The van der Waals surface area contributed by atoms with Gasteiger partial charge in [-0.3, -0.25) is 4.79 Å². The zero-order chi connectivity index (χ0) is 17.8. The van der Waals surface area contributed by atoms with Crippen molar-refractivity contribution in [3.8, 4) is 0 Å². The Labute approximate surface area is 159 Å². The molecule has 3 heterocycles. The predicted octanol–water partition coefficient (Wildman–Crippen LogP) is 1.79. The van der Waals surface area contributed by atoms with Crippen LogP contribution in [0.25, 0.3) is 0 Å². The summed E-state index contributed by atoms with van der Waals surface area (Å²) in [7, 11) is 2.16. The lowest BCUT2D eigenvalue weighted by Gasteiger charge is -2.34. The van der Waals surface area contributed by atoms with Crippen molar-refractivity contribution in [1.29, 1.82) is 0 Å². The minimum Gasteiger partial charge on any atom is -0.396 e. The molecule has 0 saturated carbocycles. The average molecular weight is 384 g/mol. The number of likely N-dealkylation sites (tertiary alicyclic amines) is 1. The molecule has 0 radical (unpaired) electrons. The maximum Gasteiger partial charge on any atom is 0.263 e. The highest BCUT2D eigenvalue weighted by Gasteiger charge is 2.36. The van der Waals surface area contributed by atoms with Crippen molar-refractivity contribution >= 4 is 29.0 Å². The normalized spacial score (nSPS) is 25.6. The van der Waals surface area contributed by atoms with Gasteiger partial charge < -0.3 is 19.8 Å². The van der Waals surface area contributed by atoms with Crippen LogP contribution in [0.3, 0.4) is 0 Å². The first-order chi connectivity index (χ1) is 12.1. The number of thiophene rings is 1. The number of nitrogens with zero attached hydrogens (tertiary/aromatic N) is 3. The minimum atomic E-state index is 0.132. The number of aliphatic hydroxyl groups excluding tert-OH is 1. The van der Waals surface area contributed by atoms with Crippen molar-refractivity contribution in [2.75, 3.05) is 65.2 Å². The van der Waals surface area contributed by atoms with E-state index in [2.05, 4.69) is 23.8 Å². The lowest BCUT2D eigenvalue weighted by Crippen LogP contribution is -2.47. The fraction of sp³-hybridized carbons (Fsp3) is 0.722. The topological polar surface area (TPSA) is 47.0 Å². The zero-order valence-electron chi connectivity index (χ0n) is 15.2. The fourth-order valence-corrected chi connectivity index (χ4v) is 5.70. The monoisotopic (exact) mass is 383 g/mol. The summed E-state index contributed by atoms with van der Waals surface area (Å²) in [5.41, 5.74) is 0. The largest absolute Gasteiger partial charge is 0.396 e. The molecule has 140 valence electrons. The fourth-order valence-electron chi connectivity index (χ4n) is 3.69. The molecule has 1 aromatic heterocycles. The van der Waals surface area contributed by atoms with E-state index in [1.165, 1.54) is 4.21 Å². The Kier molecular flexibility index (Phi) is 6.79. The minimum absolute atomic E-state index is 0.132. The van der Waals surface area contributed by atoms with Gasteiger partial charge in [0, 0.05) is 58.3 Å². The molecule has 1 aromatic rings. The first-order valence-corrected chi connectivity index (χ1v) is 10.9. The van der Waals surface area contributed by atoms with Gasteiger partial charge in [0.1, 0.15) is 0 Å². The molecular formula is C18H29N3O2S2. The molecule has 0 aliphatic carbocycles. The number of likely N-dealkylation sites (N-methyl/N-ethyl adjacent to an activating group) is 1. The number of hydrogen-bond donors (Lipinski definition) is 1. The van der Waals surface area contributed by atoms with E-state index in [4.69, 9.17) is 0 Å². The maximum atomic E-state index is 12.8. The van der Waals surface area contributed by atoms with Crippen molar-refractivity contribution < 1.29 is 9.90 Å². The maximum absolute atomic E-state index is 12.8. The van der Waals surface area contributed by atoms with E-state index in [0.717, 1.165) is 49.9 Å². The highest BCUT2D eigenvalue weighted by atomic mass is 32.2. The van der Waals surface area contributed by atoms with Gasteiger partial charge in [0.2, 0.25) is 0 Å². The van der Waals surface area contributed by atoms with Gasteiger partial charge in [0.25, 0.3) is 5.91 Å². The van der Waals surface area contributed by atoms with Crippen LogP contribution >= 0.6 is 23.1 Å². The molecule has 25 heavy (non-hydrogen) atoms. The molecule has 0 aromatic carbocycles. The highest BCUT2D eigenvalue weighted by Crippen LogP contribution is 2.31. The Balaban J connectivity index is 1.59. The van der Waals surface area contributed by atoms with Gasteiger partial charge in [-0.05, 0) is 30.9 Å². The molecule has 0 unspecified atom stereocenters. The molecule has 5 nitrogen and oxygen atoms in total. The summed E-state index contributed by atoms with van der Waals surface area (Å²) in [5, 5.41) is 9.79. The Morgan fingerprint density at radius 2 is 1.96 bits per heavy atom. The summed E-state index contributed by atoms with van der Waals surface area (Å²) in [6, 6.07) is 4.00. The van der Waals surface area contributed by atoms with E-state index in [0.29, 0.717) is 12.5 Å². The molecule has 3 rings (SSSR count). The van der Waals surface area contributed by atoms with Crippen LogP contribution in [0.15, 0.2) is 16.3 Å². The lowest BCUT2D eigenvalue weighted by atomic mass is 9.96. The molecule has 1 N–H and O–H groups in total. The third kappa shape index (κ3) is 4.77. The van der Waals surface area contributed by atoms with Crippen LogP contribution in [-0.2, 0) is 0 Å².